The lowest BCUT2D eigenvalue weighted by atomic mass is 10.0. The summed E-state index contributed by atoms with van der Waals surface area (Å²) in [6, 6.07) is -1.18. The van der Waals surface area contributed by atoms with Crippen LogP contribution in [0.5, 0.6) is 0 Å². The van der Waals surface area contributed by atoms with E-state index >= 15 is 0 Å². The highest BCUT2D eigenvalue weighted by molar-refractivity contribution is 5.94. The normalized spacial score (nSPS) is 13.5. The molecule has 1 unspecified atom stereocenters. The van der Waals surface area contributed by atoms with Crippen LogP contribution in [-0.2, 0) is 9.59 Å². The van der Waals surface area contributed by atoms with E-state index in [1.165, 1.54) is 0 Å². The van der Waals surface area contributed by atoms with Crippen molar-refractivity contribution in [2.45, 2.75) is 52.6 Å². The minimum absolute atomic E-state index is 0.0579. The van der Waals surface area contributed by atoms with Gasteiger partial charge in [0.25, 0.3) is 0 Å². The SMILES string of the molecule is CC(C)C(NCCC=CCCN[C@H](C(=O)NC(=O)O)C(C)C)C(=O)NC(=O)O. The second-order valence-corrected chi connectivity index (χ2v) is 6.99. The smallest absolute Gasteiger partial charge is 0.411 e. The van der Waals surface area contributed by atoms with Gasteiger partial charge in [-0.2, -0.15) is 0 Å². The second kappa shape index (κ2) is 13.7. The van der Waals surface area contributed by atoms with Crippen molar-refractivity contribution in [1.29, 1.82) is 0 Å². The first-order chi connectivity index (χ1) is 13.1. The first kappa shape index (κ1) is 25.5. The molecule has 0 radical (unpaired) electrons. The molecule has 28 heavy (non-hydrogen) atoms. The fourth-order valence-electron chi connectivity index (χ4n) is 2.51. The standard InChI is InChI=1S/C18H32N4O6/c1-11(2)13(15(23)21-17(25)26)19-9-7-5-6-8-10-20-14(12(3)4)16(24)22-18(27)28/h5-6,11-14,19-20H,7-10H2,1-4H3,(H,21,23)(H,22,24)(H,25,26)(H,27,28)/t13-,14?/m0/s1. The van der Waals surface area contributed by atoms with Gasteiger partial charge >= 0.3 is 12.2 Å². The Kier molecular flexibility index (Phi) is 12.5. The van der Waals surface area contributed by atoms with Gasteiger partial charge in [0.2, 0.25) is 11.8 Å². The van der Waals surface area contributed by atoms with Crippen molar-refractivity contribution >= 4 is 24.0 Å². The van der Waals surface area contributed by atoms with Crippen molar-refractivity contribution < 1.29 is 29.4 Å². The number of hydrogen-bond donors (Lipinski definition) is 6. The van der Waals surface area contributed by atoms with Crippen molar-refractivity contribution in [3.05, 3.63) is 12.2 Å². The zero-order valence-corrected chi connectivity index (χ0v) is 16.8. The zero-order valence-electron chi connectivity index (χ0n) is 16.8. The summed E-state index contributed by atoms with van der Waals surface area (Å²) >= 11 is 0. The van der Waals surface area contributed by atoms with E-state index < -0.39 is 36.1 Å². The van der Waals surface area contributed by atoms with Crippen LogP contribution in [0.25, 0.3) is 0 Å². The van der Waals surface area contributed by atoms with Gasteiger partial charge in [-0.15, -0.1) is 0 Å². The second-order valence-electron chi connectivity index (χ2n) is 6.99. The van der Waals surface area contributed by atoms with Gasteiger partial charge in [-0.25, -0.2) is 9.59 Å². The van der Waals surface area contributed by atoms with Crippen LogP contribution in [0.2, 0.25) is 0 Å². The summed E-state index contributed by atoms with van der Waals surface area (Å²) in [5.74, 6) is -1.26. The van der Waals surface area contributed by atoms with E-state index in [0.29, 0.717) is 25.9 Å². The highest BCUT2D eigenvalue weighted by Gasteiger charge is 2.23. The Hall–Kier alpha value is -2.46. The number of carboxylic acid groups (broad SMARTS) is 2. The molecule has 0 aliphatic carbocycles. The molecule has 0 saturated carbocycles. The average Bonchev–Trinajstić information content (AvgIpc) is 2.54. The number of amides is 4. The number of hydrogen-bond acceptors (Lipinski definition) is 6. The highest BCUT2D eigenvalue weighted by atomic mass is 16.4. The van der Waals surface area contributed by atoms with Crippen LogP contribution in [0, 0.1) is 11.8 Å². The summed E-state index contributed by atoms with van der Waals surface area (Å²) in [4.78, 5) is 44.7. The van der Waals surface area contributed by atoms with E-state index in [1.807, 2.05) is 50.5 Å². The quantitative estimate of drug-likeness (QED) is 0.210. The van der Waals surface area contributed by atoms with Gasteiger partial charge in [0.1, 0.15) is 0 Å². The van der Waals surface area contributed by atoms with Crippen molar-refractivity contribution in [3.63, 3.8) is 0 Å². The zero-order chi connectivity index (χ0) is 21.7. The van der Waals surface area contributed by atoms with E-state index in [4.69, 9.17) is 10.2 Å². The summed E-state index contributed by atoms with van der Waals surface area (Å²) in [6.07, 6.45) is 2.39. The molecule has 2 atom stereocenters. The van der Waals surface area contributed by atoms with Crippen LogP contribution in [0.3, 0.4) is 0 Å². The molecule has 0 aliphatic heterocycles. The fourth-order valence-corrected chi connectivity index (χ4v) is 2.51. The lowest BCUT2D eigenvalue weighted by molar-refractivity contribution is -0.124. The predicted molar refractivity (Wildman–Crippen MR) is 104 cm³/mol. The molecule has 0 bridgehead atoms. The molecule has 0 heterocycles. The number of rotatable bonds is 12. The minimum Gasteiger partial charge on any atom is -0.465 e. The van der Waals surface area contributed by atoms with Crippen LogP contribution in [-0.4, -0.2) is 59.4 Å². The molecule has 10 nitrogen and oxygen atoms in total. The summed E-state index contributed by atoms with van der Waals surface area (Å²) in [6.45, 7) is 8.32. The minimum atomic E-state index is -1.37. The largest absolute Gasteiger partial charge is 0.465 e. The fraction of sp³-hybridized carbons (Fsp3) is 0.667. The van der Waals surface area contributed by atoms with Gasteiger partial charge in [0, 0.05) is 0 Å². The Morgan fingerprint density at radius 2 is 1.04 bits per heavy atom. The Morgan fingerprint density at radius 3 is 1.29 bits per heavy atom. The molecule has 0 spiro atoms. The predicted octanol–water partition coefficient (Wildman–Crippen LogP) is 1.14. The lowest BCUT2D eigenvalue weighted by Gasteiger charge is -2.20. The molecule has 0 aromatic rings. The summed E-state index contributed by atoms with van der Waals surface area (Å²) in [5.41, 5.74) is 0. The maximum Gasteiger partial charge on any atom is 0.411 e. The van der Waals surface area contributed by atoms with Gasteiger partial charge in [-0.1, -0.05) is 39.8 Å². The van der Waals surface area contributed by atoms with Crippen LogP contribution in [0.1, 0.15) is 40.5 Å². The summed E-state index contributed by atoms with van der Waals surface area (Å²) in [5, 5.41) is 27.0. The lowest BCUT2D eigenvalue weighted by Crippen LogP contribution is -2.49. The third-order valence-corrected chi connectivity index (χ3v) is 3.88. The summed E-state index contributed by atoms with van der Waals surface area (Å²) in [7, 11) is 0. The molecule has 0 fully saturated rings. The first-order valence-electron chi connectivity index (χ1n) is 9.25. The molecular formula is C18H32N4O6. The summed E-state index contributed by atoms with van der Waals surface area (Å²) < 4.78 is 0. The third-order valence-electron chi connectivity index (χ3n) is 3.88. The molecule has 0 saturated heterocycles. The molecule has 0 aliphatic rings. The Labute approximate surface area is 165 Å². The van der Waals surface area contributed by atoms with Crippen molar-refractivity contribution in [2.24, 2.45) is 11.8 Å². The molecule has 10 heteroatoms. The van der Waals surface area contributed by atoms with E-state index in [-0.39, 0.29) is 11.8 Å². The van der Waals surface area contributed by atoms with Crippen LogP contribution in [0.4, 0.5) is 9.59 Å². The van der Waals surface area contributed by atoms with Crippen LogP contribution >= 0.6 is 0 Å². The van der Waals surface area contributed by atoms with Crippen molar-refractivity contribution in [1.82, 2.24) is 21.3 Å². The maximum absolute atomic E-state index is 11.8. The monoisotopic (exact) mass is 400 g/mol. The molecule has 0 aromatic heterocycles. The van der Waals surface area contributed by atoms with E-state index in [1.54, 1.807) is 0 Å². The number of carbonyl (C=O) groups excluding carboxylic acids is 2. The molecular weight excluding hydrogens is 368 g/mol. The van der Waals surface area contributed by atoms with Gasteiger partial charge < -0.3 is 20.8 Å². The van der Waals surface area contributed by atoms with Gasteiger partial charge in [-0.3, -0.25) is 20.2 Å². The Balaban J connectivity index is 4.20. The number of carbonyl (C=O) groups is 4. The topological polar surface area (TPSA) is 157 Å². The van der Waals surface area contributed by atoms with Crippen LogP contribution in [0.15, 0.2) is 12.2 Å². The molecule has 4 amide bonds. The van der Waals surface area contributed by atoms with Crippen LogP contribution < -0.4 is 21.3 Å². The van der Waals surface area contributed by atoms with Gasteiger partial charge in [0.05, 0.1) is 12.1 Å². The van der Waals surface area contributed by atoms with Crippen molar-refractivity contribution in [2.75, 3.05) is 13.1 Å². The number of nitrogens with one attached hydrogen (secondary N) is 4. The van der Waals surface area contributed by atoms with Gasteiger partial charge in [-0.05, 0) is 37.8 Å². The molecule has 6 N–H and O–H groups in total. The van der Waals surface area contributed by atoms with E-state index in [2.05, 4.69) is 10.6 Å². The van der Waals surface area contributed by atoms with Crippen molar-refractivity contribution in [3.8, 4) is 0 Å². The molecule has 160 valence electrons. The maximum atomic E-state index is 11.8. The average molecular weight is 400 g/mol. The molecule has 0 aromatic carbocycles. The Morgan fingerprint density at radius 1 is 0.714 bits per heavy atom. The van der Waals surface area contributed by atoms with Gasteiger partial charge in [0.15, 0.2) is 0 Å². The first-order valence-corrected chi connectivity index (χ1v) is 9.25. The highest BCUT2D eigenvalue weighted by Crippen LogP contribution is 2.03. The Bertz CT molecular complexity index is 514. The van der Waals surface area contributed by atoms with E-state index in [9.17, 15) is 19.2 Å². The number of imide groups is 2. The molecule has 0 rings (SSSR count). The third kappa shape index (κ3) is 11.3. The van der Waals surface area contributed by atoms with E-state index in [0.717, 1.165) is 0 Å².